The van der Waals surface area contributed by atoms with Crippen LogP contribution in [0.5, 0.6) is 5.75 Å². The van der Waals surface area contributed by atoms with Crippen molar-refractivity contribution in [3.63, 3.8) is 0 Å². The van der Waals surface area contributed by atoms with E-state index in [0.29, 0.717) is 25.0 Å². The van der Waals surface area contributed by atoms with E-state index in [0.717, 1.165) is 23.3 Å². The molecule has 0 spiro atoms. The monoisotopic (exact) mass is 396 g/mol. The second-order valence-electron chi connectivity index (χ2n) is 7.15. The van der Waals surface area contributed by atoms with Crippen LogP contribution in [-0.2, 0) is 6.61 Å². The summed E-state index contributed by atoms with van der Waals surface area (Å²) < 4.78 is 5.91. The van der Waals surface area contributed by atoms with E-state index in [2.05, 4.69) is 13.0 Å². The fourth-order valence-electron chi connectivity index (χ4n) is 2.99. The average Bonchev–Trinajstić information content (AvgIpc) is 2.75. The second kappa shape index (κ2) is 11.0. The van der Waals surface area contributed by atoms with E-state index in [1.807, 2.05) is 62.4 Å². The van der Waals surface area contributed by atoms with Gasteiger partial charge < -0.3 is 20.1 Å². The molecule has 0 bridgehead atoms. The van der Waals surface area contributed by atoms with Crippen molar-refractivity contribution >= 4 is 5.57 Å². The predicted octanol–water partition coefficient (Wildman–Crippen LogP) is 5.15. The standard InChI is InChI=1S/C25H32O4/c1-4-20(10-8-16-25(28,5-2)6-3)22-9-7-11-23(17-22)29-18-19-12-14-21(15-13-19)24(26)27/h7-17,24,26-28H,4-6,18H2,1-3H3. The molecule has 0 atom stereocenters. The van der Waals surface area contributed by atoms with Gasteiger partial charge in [0, 0.05) is 5.56 Å². The van der Waals surface area contributed by atoms with Crippen LogP contribution in [0.25, 0.3) is 5.57 Å². The Balaban J connectivity index is 2.08. The Labute approximate surface area is 173 Å². The molecule has 0 saturated carbocycles. The molecular formula is C25H32O4. The predicted molar refractivity (Wildman–Crippen MR) is 117 cm³/mol. The van der Waals surface area contributed by atoms with E-state index in [-0.39, 0.29) is 0 Å². The molecule has 3 N–H and O–H groups in total. The van der Waals surface area contributed by atoms with Gasteiger partial charge in [0.2, 0.25) is 0 Å². The van der Waals surface area contributed by atoms with Crippen molar-refractivity contribution < 1.29 is 20.1 Å². The summed E-state index contributed by atoms with van der Waals surface area (Å²) in [6, 6.07) is 15.0. The lowest BCUT2D eigenvalue weighted by atomic mass is 9.96. The van der Waals surface area contributed by atoms with Crippen LogP contribution in [0.4, 0.5) is 0 Å². The molecule has 0 radical (unpaired) electrons. The molecule has 0 saturated heterocycles. The lowest BCUT2D eigenvalue weighted by Gasteiger charge is -2.20. The Morgan fingerprint density at radius 2 is 1.72 bits per heavy atom. The van der Waals surface area contributed by atoms with Gasteiger partial charge in [-0.2, -0.15) is 0 Å². The normalized spacial score (nSPS) is 12.7. The van der Waals surface area contributed by atoms with Gasteiger partial charge in [-0.25, -0.2) is 0 Å². The molecule has 2 aromatic rings. The third-order valence-electron chi connectivity index (χ3n) is 5.20. The molecule has 0 aromatic heterocycles. The highest BCUT2D eigenvalue weighted by Gasteiger charge is 2.16. The minimum atomic E-state index is -1.46. The SMILES string of the molecule is CCC(=CC=CC(O)(CC)CC)c1cccc(OCc2ccc(C(O)O)cc2)c1. The highest BCUT2D eigenvalue weighted by atomic mass is 16.5. The Kier molecular flexibility index (Phi) is 8.65. The van der Waals surface area contributed by atoms with Crippen LogP contribution in [0.3, 0.4) is 0 Å². The van der Waals surface area contributed by atoms with Gasteiger partial charge in [-0.3, -0.25) is 0 Å². The molecule has 0 heterocycles. The van der Waals surface area contributed by atoms with E-state index < -0.39 is 11.9 Å². The average molecular weight is 397 g/mol. The maximum absolute atomic E-state index is 10.4. The molecule has 2 rings (SSSR count). The zero-order valence-electron chi connectivity index (χ0n) is 17.5. The highest BCUT2D eigenvalue weighted by Crippen LogP contribution is 2.24. The number of benzene rings is 2. The van der Waals surface area contributed by atoms with Crippen LogP contribution in [0.15, 0.2) is 66.8 Å². The fraction of sp³-hybridized carbons (Fsp3) is 0.360. The maximum Gasteiger partial charge on any atom is 0.178 e. The van der Waals surface area contributed by atoms with Crippen molar-refractivity contribution in [1.82, 2.24) is 0 Å². The molecule has 4 nitrogen and oxygen atoms in total. The number of hydrogen-bond donors (Lipinski definition) is 3. The summed E-state index contributed by atoms with van der Waals surface area (Å²) in [6.45, 7) is 6.48. The first-order chi connectivity index (χ1) is 13.9. The third kappa shape index (κ3) is 6.86. The molecule has 156 valence electrons. The van der Waals surface area contributed by atoms with Crippen molar-refractivity contribution in [2.45, 2.75) is 58.5 Å². The van der Waals surface area contributed by atoms with E-state index in [1.165, 1.54) is 5.57 Å². The van der Waals surface area contributed by atoms with Crippen LogP contribution >= 0.6 is 0 Å². The van der Waals surface area contributed by atoms with Crippen molar-refractivity contribution in [2.24, 2.45) is 0 Å². The van der Waals surface area contributed by atoms with Crippen LogP contribution in [-0.4, -0.2) is 20.9 Å². The van der Waals surface area contributed by atoms with Crippen LogP contribution in [0.1, 0.15) is 63.0 Å². The summed E-state index contributed by atoms with van der Waals surface area (Å²) >= 11 is 0. The first-order valence-electron chi connectivity index (χ1n) is 10.2. The third-order valence-corrected chi connectivity index (χ3v) is 5.20. The Morgan fingerprint density at radius 1 is 1.03 bits per heavy atom. The van der Waals surface area contributed by atoms with Crippen molar-refractivity contribution in [3.8, 4) is 5.75 Å². The maximum atomic E-state index is 10.4. The number of aliphatic hydroxyl groups is 3. The molecule has 0 aliphatic rings. The Hall–Kier alpha value is -2.40. The number of ether oxygens (including phenoxy) is 1. The highest BCUT2D eigenvalue weighted by molar-refractivity contribution is 5.68. The number of aliphatic hydroxyl groups excluding tert-OH is 1. The summed E-state index contributed by atoms with van der Waals surface area (Å²) in [5.74, 6) is 0.774. The van der Waals surface area contributed by atoms with E-state index in [1.54, 1.807) is 12.1 Å². The van der Waals surface area contributed by atoms with Gasteiger partial charge in [0.05, 0.1) is 5.60 Å². The fourth-order valence-corrected chi connectivity index (χ4v) is 2.99. The van der Waals surface area contributed by atoms with Crippen LogP contribution < -0.4 is 4.74 Å². The van der Waals surface area contributed by atoms with Gasteiger partial charge in [-0.1, -0.05) is 75.4 Å². The van der Waals surface area contributed by atoms with Crippen molar-refractivity contribution in [2.75, 3.05) is 0 Å². The van der Waals surface area contributed by atoms with Crippen LogP contribution in [0.2, 0.25) is 0 Å². The Bertz CT molecular complexity index is 815. The lowest BCUT2D eigenvalue weighted by molar-refractivity contribution is -0.0425. The molecule has 0 unspecified atom stereocenters. The Morgan fingerprint density at radius 3 is 2.31 bits per heavy atom. The van der Waals surface area contributed by atoms with Gasteiger partial charge in [0.1, 0.15) is 12.4 Å². The van der Waals surface area contributed by atoms with Gasteiger partial charge in [0.25, 0.3) is 0 Å². The summed E-state index contributed by atoms with van der Waals surface area (Å²) in [5, 5.41) is 28.7. The topological polar surface area (TPSA) is 69.9 Å². The minimum absolute atomic E-state index is 0.399. The number of rotatable bonds is 10. The van der Waals surface area contributed by atoms with Crippen LogP contribution in [0, 0.1) is 0 Å². The molecule has 29 heavy (non-hydrogen) atoms. The van der Waals surface area contributed by atoms with Gasteiger partial charge in [-0.15, -0.1) is 0 Å². The summed E-state index contributed by atoms with van der Waals surface area (Å²) in [5.41, 5.74) is 2.92. The van der Waals surface area contributed by atoms with Gasteiger partial charge >= 0.3 is 0 Å². The largest absolute Gasteiger partial charge is 0.489 e. The van der Waals surface area contributed by atoms with Gasteiger partial charge in [0.15, 0.2) is 6.29 Å². The zero-order chi connectivity index (χ0) is 21.3. The summed E-state index contributed by atoms with van der Waals surface area (Å²) in [6.07, 6.45) is 6.66. The zero-order valence-corrected chi connectivity index (χ0v) is 17.5. The molecule has 0 fully saturated rings. The quantitative estimate of drug-likeness (QED) is 0.384. The molecule has 0 amide bonds. The van der Waals surface area contributed by atoms with E-state index >= 15 is 0 Å². The van der Waals surface area contributed by atoms with Gasteiger partial charge in [-0.05, 0) is 48.1 Å². The van der Waals surface area contributed by atoms with E-state index in [4.69, 9.17) is 14.9 Å². The molecule has 4 heteroatoms. The second-order valence-corrected chi connectivity index (χ2v) is 7.15. The first-order valence-corrected chi connectivity index (χ1v) is 10.2. The molecular weight excluding hydrogens is 364 g/mol. The lowest BCUT2D eigenvalue weighted by Crippen LogP contribution is -2.22. The smallest absolute Gasteiger partial charge is 0.178 e. The minimum Gasteiger partial charge on any atom is -0.489 e. The van der Waals surface area contributed by atoms with Crippen molar-refractivity contribution in [3.05, 3.63) is 83.4 Å². The first kappa shape index (κ1) is 22.9. The molecule has 0 aliphatic heterocycles. The number of allylic oxidation sites excluding steroid dienone is 3. The molecule has 0 aliphatic carbocycles. The molecule has 2 aromatic carbocycles. The summed E-state index contributed by atoms with van der Waals surface area (Å²) in [4.78, 5) is 0. The number of hydrogen-bond acceptors (Lipinski definition) is 4. The van der Waals surface area contributed by atoms with Crippen molar-refractivity contribution in [1.29, 1.82) is 0 Å². The summed E-state index contributed by atoms with van der Waals surface area (Å²) in [7, 11) is 0. The van der Waals surface area contributed by atoms with E-state index in [9.17, 15) is 5.11 Å².